The first-order chi connectivity index (χ1) is 8.47. The van der Waals surface area contributed by atoms with Gasteiger partial charge in [0.25, 0.3) is 0 Å². The van der Waals surface area contributed by atoms with Gasteiger partial charge in [0.2, 0.25) is 11.8 Å². The van der Waals surface area contributed by atoms with Crippen LogP contribution in [0.5, 0.6) is 0 Å². The molecule has 1 aliphatic heterocycles. The predicted octanol–water partition coefficient (Wildman–Crippen LogP) is 1.72. The molecule has 1 aliphatic rings. The zero-order chi connectivity index (χ0) is 13.3. The summed E-state index contributed by atoms with van der Waals surface area (Å²) in [6.45, 7) is 4.49. The molecule has 4 nitrogen and oxygen atoms in total. The van der Waals surface area contributed by atoms with Gasteiger partial charge in [-0.15, -0.1) is 0 Å². The van der Waals surface area contributed by atoms with E-state index in [2.05, 4.69) is 5.32 Å². The van der Waals surface area contributed by atoms with E-state index < -0.39 is 0 Å². The molecule has 2 amide bonds. The van der Waals surface area contributed by atoms with Crippen molar-refractivity contribution in [3.8, 4) is 0 Å². The molecule has 0 radical (unpaired) electrons. The smallest absolute Gasteiger partial charge is 0.229 e. The van der Waals surface area contributed by atoms with Gasteiger partial charge < -0.3 is 10.2 Å². The molecule has 1 atom stereocenters. The standard InChI is InChI=1S/C14H18N2O2/c1-9-4-5-12(10(2)6-9)15-14(18)11-7-13(17)16(3)8-11/h4-6,11H,7-8H2,1-3H3,(H,15,18)/t11-/m1/s1. The van der Waals surface area contributed by atoms with Crippen LogP contribution in [0.2, 0.25) is 0 Å². The zero-order valence-electron chi connectivity index (χ0n) is 11.0. The van der Waals surface area contributed by atoms with Crippen molar-refractivity contribution in [2.75, 3.05) is 18.9 Å². The van der Waals surface area contributed by atoms with E-state index in [0.717, 1.165) is 11.3 Å². The molecule has 1 N–H and O–H groups in total. The third-order valence-electron chi connectivity index (χ3n) is 3.35. The van der Waals surface area contributed by atoms with Crippen LogP contribution < -0.4 is 5.32 Å². The molecule has 0 aromatic heterocycles. The van der Waals surface area contributed by atoms with Crippen molar-refractivity contribution in [1.29, 1.82) is 0 Å². The molecule has 1 aromatic rings. The summed E-state index contributed by atoms with van der Waals surface area (Å²) in [7, 11) is 1.73. The summed E-state index contributed by atoms with van der Waals surface area (Å²) in [4.78, 5) is 25.1. The van der Waals surface area contributed by atoms with Crippen LogP contribution in [-0.2, 0) is 9.59 Å². The first-order valence-corrected chi connectivity index (χ1v) is 6.09. The highest BCUT2D eigenvalue weighted by molar-refractivity contribution is 5.97. The molecule has 1 heterocycles. The number of nitrogens with one attached hydrogen (secondary N) is 1. The van der Waals surface area contributed by atoms with E-state index >= 15 is 0 Å². The Balaban J connectivity index is 2.06. The van der Waals surface area contributed by atoms with Gasteiger partial charge in [0, 0.05) is 25.7 Å². The largest absolute Gasteiger partial charge is 0.345 e. The van der Waals surface area contributed by atoms with Crippen LogP contribution in [0.3, 0.4) is 0 Å². The predicted molar refractivity (Wildman–Crippen MR) is 70.3 cm³/mol. The first kappa shape index (κ1) is 12.6. The maximum atomic E-state index is 12.1. The van der Waals surface area contributed by atoms with Gasteiger partial charge in [-0.2, -0.15) is 0 Å². The van der Waals surface area contributed by atoms with Gasteiger partial charge in [-0.1, -0.05) is 17.7 Å². The zero-order valence-corrected chi connectivity index (χ0v) is 11.0. The van der Waals surface area contributed by atoms with Gasteiger partial charge >= 0.3 is 0 Å². The van der Waals surface area contributed by atoms with Crippen molar-refractivity contribution in [2.24, 2.45) is 5.92 Å². The molecule has 0 bridgehead atoms. The van der Waals surface area contributed by atoms with Crippen molar-refractivity contribution < 1.29 is 9.59 Å². The Kier molecular flexibility index (Phi) is 3.36. The van der Waals surface area contributed by atoms with Crippen LogP contribution in [0.25, 0.3) is 0 Å². The van der Waals surface area contributed by atoms with Crippen LogP contribution in [0.15, 0.2) is 18.2 Å². The van der Waals surface area contributed by atoms with Gasteiger partial charge in [0.15, 0.2) is 0 Å². The number of carbonyl (C=O) groups is 2. The van der Waals surface area contributed by atoms with Crippen LogP contribution in [-0.4, -0.2) is 30.3 Å². The van der Waals surface area contributed by atoms with E-state index in [9.17, 15) is 9.59 Å². The molecule has 0 aliphatic carbocycles. The highest BCUT2D eigenvalue weighted by atomic mass is 16.2. The van der Waals surface area contributed by atoms with Crippen molar-refractivity contribution in [3.05, 3.63) is 29.3 Å². The fourth-order valence-electron chi connectivity index (χ4n) is 2.23. The van der Waals surface area contributed by atoms with Crippen molar-refractivity contribution in [2.45, 2.75) is 20.3 Å². The van der Waals surface area contributed by atoms with Crippen molar-refractivity contribution in [3.63, 3.8) is 0 Å². The number of hydrogen-bond donors (Lipinski definition) is 1. The van der Waals surface area contributed by atoms with Gasteiger partial charge in [0.05, 0.1) is 5.92 Å². The van der Waals surface area contributed by atoms with Crippen LogP contribution in [0, 0.1) is 19.8 Å². The Morgan fingerprint density at radius 1 is 1.39 bits per heavy atom. The molecule has 0 unspecified atom stereocenters. The minimum absolute atomic E-state index is 0.0378. The molecule has 4 heteroatoms. The van der Waals surface area contributed by atoms with E-state index in [0.29, 0.717) is 13.0 Å². The van der Waals surface area contributed by atoms with Gasteiger partial charge in [-0.25, -0.2) is 0 Å². The second-order valence-corrected chi connectivity index (χ2v) is 4.98. The molecule has 1 saturated heterocycles. The molecule has 0 spiro atoms. The lowest BCUT2D eigenvalue weighted by Crippen LogP contribution is -2.26. The number of rotatable bonds is 2. The maximum absolute atomic E-state index is 12.1. The van der Waals surface area contributed by atoms with E-state index in [1.54, 1.807) is 11.9 Å². The normalized spacial score (nSPS) is 19.2. The highest BCUT2D eigenvalue weighted by Gasteiger charge is 2.32. The van der Waals surface area contributed by atoms with E-state index in [-0.39, 0.29) is 17.7 Å². The monoisotopic (exact) mass is 246 g/mol. The molecular weight excluding hydrogens is 228 g/mol. The van der Waals surface area contributed by atoms with E-state index in [1.807, 2.05) is 32.0 Å². The highest BCUT2D eigenvalue weighted by Crippen LogP contribution is 2.21. The summed E-state index contributed by atoms with van der Waals surface area (Å²) in [5.41, 5.74) is 3.04. The Bertz CT molecular complexity index is 497. The van der Waals surface area contributed by atoms with Gasteiger partial charge in [-0.05, 0) is 25.5 Å². The Hall–Kier alpha value is -1.84. The third kappa shape index (κ3) is 2.53. The van der Waals surface area contributed by atoms with Crippen LogP contribution in [0.1, 0.15) is 17.5 Å². The average molecular weight is 246 g/mol. The number of amides is 2. The summed E-state index contributed by atoms with van der Waals surface area (Å²) in [5.74, 6) is -0.265. The Labute approximate surface area is 107 Å². The number of hydrogen-bond acceptors (Lipinski definition) is 2. The Morgan fingerprint density at radius 2 is 2.11 bits per heavy atom. The second kappa shape index (κ2) is 4.80. The number of aryl methyl sites for hydroxylation is 2. The van der Waals surface area contributed by atoms with Crippen molar-refractivity contribution >= 4 is 17.5 Å². The van der Waals surface area contributed by atoms with Gasteiger partial charge in [0.1, 0.15) is 0 Å². The molecule has 96 valence electrons. The fourth-order valence-corrected chi connectivity index (χ4v) is 2.23. The SMILES string of the molecule is Cc1ccc(NC(=O)[C@@H]2CC(=O)N(C)C2)c(C)c1. The summed E-state index contributed by atoms with van der Waals surface area (Å²) >= 11 is 0. The average Bonchev–Trinajstić information content (AvgIpc) is 2.63. The topological polar surface area (TPSA) is 49.4 Å². The molecule has 1 fully saturated rings. The summed E-state index contributed by atoms with van der Waals surface area (Å²) in [5, 5.41) is 2.90. The minimum atomic E-state index is -0.233. The number of likely N-dealkylation sites (tertiary alicyclic amines) is 1. The van der Waals surface area contributed by atoms with Crippen LogP contribution in [0.4, 0.5) is 5.69 Å². The van der Waals surface area contributed by atoms with Crippen molar-refractivity contribution in [1.82, 2.24) is 4.90 Å². The molecule has 18 heavy (non-hydrogen) atoms. The second-order valence-electron chi connectivity index (χ2n) is 4.98. The minimum Gasteiger partial charge on any atom is -0.345 e. The third-order valence-corrected chi connectivity index (χ3v) is 3.35. The summed E-state index contributed by atoms with van der Waals surface area (Å²) < 4.78 is 0. The lowest BCUT2D eigenvalue weighted by molar-refractivity contribution is -0.127. The number of carbonyl (C=O) groups excluding carboxylic acids is 2. The summed E-state index contributed by atoms with van der Waals surface area (Å²) in [6.07, 6.45) is 0.313. The molecule has 2 rings (SSSR count). The summed E-state index contributed by atoms with van der Waals surface area (Å²) in [6, 6.07) is 5.90. The van der Waals surface area contributed by atoms with E-state index in [1.165, 1.54) is 5.56 Å². The van der Waals surface area contributed by atoms with E-state index in [4.69, 9.17) is 0 Å². The number of nitrogens with zero attached hydrogens (tertiary/aromatic N) is 1. The number of benzene rings is 1. The lowest BCUT2D eigenvalue weighted by Gasteiger charge is -2.13. The molecule has 1 aromatic carbocycles. The molecule has 0 saturated carbocycles. The molecular formula is C14H18N2O2. The lowest BCUT2D eigenvalue weighted by atomic mass is 10.1. The first-order valence-electron chi connectivity index (χ1n) is 6.09. The Morgan fingerprint density at radius 3 is 2.67 bits per heavy atom. The fraction of sp³-hybridized carbons (Fsp3) is 0.429. The van der Waals surface area contributed by atoms with Gasteiger partial charge in [-0.3, -0.25) is 9.59 Å². The maximum Gasteiger partial charge on any atom is 0.229 e. The van der Waals surface area contributed by atoms with Crippen LogP contribution >= 0.6 is 0 Å². The quantitative estimate of drug-likeness (QED) is 0.863. The number of anilines is 1.